The highest BCUT2D eigenvalue weighted by molar-refractivity contribution is 5.87. The normalized spacial score (nSPS) is 18.2. The second-order valence-electron chi connectivity index (χ2n) is 11.8. The topological polar surface area (TPSA) is 45.1 Å². The number of hydrogen-bond donors (Lipinski definition) is 0. The van der Waals surface area contributed by atoms with Gasteiger partial charge in [0.25, 0.3) is 0 Å². The van der Waals surface area contributed by atoms with Crippen molar-refractivity contribution in [3.8, 4) is 5.75 Å². The Hall–Kier alpha value is -2.14. The lowest BCUT2D eigenvalue weighted by molar-refractivity contribution is -0.132. The number of nitrogens with zero attached hydrogens (tertiary/aromatic N) is 3. The fourth-order valence-electron chi connectivity index (χ4n) is 5.63. The standard InChI is InChI=1S/C35H59N3O2.C2H6/c1-8-13-21-37(22-14-9-2)35(39)27-38-26-31(30-16-19-34(29(7)24-30)40-23-15-10-3)25-32(38)17-18-33(28(6)12-5)36-20-11-4;1-2/h11,16,19-20,24,28,31-32H,8-10,12-15,17-18,21-23,25-27H2,1-7H3;1-2H3/b20-11-,36-33?;. The number of unbranched alkanes of at least 4 members (excludes halogenated alkanes) is 3. The fraction of sp³-hybridized carbons (Fsp3) is 0.730. The van der Waals surface area contributed by atoms with Crippen LogP contribution in [0.1, 0.15) is 137 Å². The summed E-state index contributed by atoms with van der Waals surface area (Å²) in [5.41, 5.74) is 3.87. The number of carbonyl (C=O) groups excluding carboxylic acids is 1. The molecule has 2 rings (SSSR count). The molecule has 42 heavy (non-hydrogen) atoms. The summed E-state index contributed by atoms with van der Waals surface area (Å²) in [5.74, 6) is 2.21. The van der Waals surface area contributed by atoms with Gasteiger partial charge < -0.3 is 9.64 Å². The van der Waals surface area contributed by atoms with Crippen molar-refractivity contribution in [1.82, 2.24) is 9.80 Å². The van der Waals surface area contributed by atoms with Gasteiger partial charge >= 0.3 is 0 Å². The van der Waals surface area contributed by atoms with Gasteiger partial charge in [-0.15, -0.1) is 0 Å². The third-order valence-corrected chi connectivity index (χ3v) is 8.51. The van der Waals surface area contributed by atoms with Crippen molar-refractivity contribution in [2.45, 2.75) is 138 Å². The van der Waals surface area contributed by atoms with E-state index >= 15 is 0 Å². The van der Waals surface area contributed by atoms with E-state index in [1.807, 2.05) is 33.0 Å². The van der Waals surface area contributed by atoms with Gasteiger partial charge in [0.1, 0.15) is 5.75 Å². The summed E-state index contributed by atoms with van der Waals surface area (Å²) in [4.78, 5) is 23.0. The zero-order chi connectivity index (χ0) is 31.3. The minimum Gasteiger partial charge on any atom is -0.493 e. The quantitative estimate of drug-likeness (QED) is 0.120. The number of allylic oxidation sites excluding steroid dienone is 1. The summed E-state index contributed by atoms with van der Waals surface area (Å²) in [7, 11) is 0. The molecule has 1 aromatic carbocycles. The maximum absolute atomic E-state index is 13.6. The Bertz CT molecular complexity index is 918. The van der Waals surface area contributed by atoms with E-state index in [1.54, 1.807) is 0 Å². The van der Waals surface area contributed by atoms with Crippen LogP contribution in [0.4, 0.5) is 0 Å². The number of likely N-dealkylation sites (tertiary alicyclic amines) is 1. The first kappa shape index (κ1) is 37.9. The molecule has 1 fully saturated rings. The lowest BCUT2D eigenvalue weighted by Gasteiger charge is -2.29. The Morgan fingerprint density at radius 1 is 1.10 bits per heavy atom. The minimum atomic E-state index is 0.299. The maximum atomic E-state index is 13.6. The maximum Gasteiger partial charge on any atom is 0.236 e. The predicted molar refractivity (Wildman–Crippen MR) is 183 cm³/mol. The number of rotatable bonds is 19. The molecule has 3 unspecified atom stereocenters. The van der Waals surface area contributed by atoms with Gasteiger partial charge in [0.05, 0.1) is 13.2 Å². The van der Waals surface area contributed by atoms with Crippen molar-refractivity contribution in [1.29, 1.82) is 0 Å². The largest absolute Gasteiger partial charge is 0.493 e. The van der Waals surface area contributed by atoms with Gasteiger partial charge in [-0.05, 0) is 87.8 Å². The molecule has 0 bridgehead atoms. The second kappa shape index (κ2) is 22.4. The second-order valence-corrected chi connectivity index (χ2v) is 11.8. The summed E-state index contributed by atoms with van der Waals surface area (Å²) < 4.78 is 6.03. The van der Waals surface area contributed by atoms with Gasteiger partial charge in [-0.2, -0.15) is 0 Å². The van der Waals surface area contributed by atoms with Crippen LogP contribution in [0.2, 0.25) is 0 Å². The van der Waals surface area contributed by atoms with Gasteiger partial charge in [-0.25, -0.2) is 0 Å². The van der Waals surface area contributed by atoms with E-state index in [0.717, 1.165) is 96.2 Å². The molecule has 1 heterocycles. The lowest BCUT2D eigenvalue weighted by atomic mass is 9.91. The molecule has 0 spiro atoms. The van der Waals surface area contributed by atoms with Crippen molar-refractivity contribution >= 4 is 11.6 Å². The van der Waals surface area contributed by atoms with Crippen LogP contribution in [0, 0.1) is 12.8 Å². The molecule has 0 aromatic heterocycles. The molecule has 3 atom stereocenters. The molecule has 1 aliphatic heterocycles. The molecule has 0 radical (unpaired) electrons. The Morgan fingerprint density at radius 2 is 1.76 bits per heavy atom. The SMILES string of the molecule is C/C=C\N=C(CCC1CC(c2ccc(OCCCC)c(C)c2)CN1CC(=O)N(CCCC)CCCC)C(C)CC.CC. The molecule has 5 heteroatoms. The van der Waals surface area contributed by atoms with Crippen LogP contribution in [-0.2, 0) is 4.79 Å². The van der Waals surface area contributed by atoms with Gasteiger partial charge in [0.15, 0.2) is 0 Å². The number of hydrogen-bond acceptors (Lipinski definition) is 4. The van der Waals surface area contributed by atoms with E-state index < -0.39 is 0 Å². The van der Waals surface area contributed by atoms with Crippen molar-refractivity contribution in [2.24, 2.45) is 10.9 Å². The van der Waals surface area contributed by atoms with Crippen LogP contribution >= 0.6 is 0 Å². The Labute approximate surface area is 260 Å². The summed E-state index contributed by atoms with van der Waals surface area (Å²) in [6, 6.07) is 7.12. The number of carbonyl (C=O) groups is 1. The molecule has 1 aromatic rings. The van der Waals surface area contributed by atoms with Crippen LogP contribution < -0.4 is 4.74 Å². The third-order valence-electron chi connectivity index (χ3n) is 8.51. The number of aliphatic imine (C=N–C) groups is 1. The highest BCUT2D eigenvalue weighted by atomic mass is 16.5. The first-order valence-corrected chi connectivity index (χ1v) is 17.3. The molecule has 0 saturated carbocycles. The average molecular weight is 584 g/mol. The number of amides is 1. The van der Waals surface area contributed by atoms with Crippen molar-refractivity contribution < 1.29 is 9.53 Å². The molecule has 0 N–H and O–H groups in total. The summed E-state index contributed by atoms with van der Waals surface area (Å²) >= 11 is 0. The molecule has 0 aliphatic carbocycles. The van der Waals surface area contributed by atoms with Crippen molar-refractivity contribution in [3.05, 3.63) is 41.6 Å². The summed E-state index contributed by atoms with van der Waals surface area (Å²) in [6.45, 7) is 23.3. The zero-order valence-corrected chi connectivity index (χ0v) is 28.9. The fourth-order valence-corrected chi connectivity index (χ4v) is 5.63. The Kier molecular flexibility index (Phi) is 20.2. The van der Waals surface area contributed by atoms with Crippen LogP contribution in [0.15, 0.2) is 35.5 Å². The summed E-state index contributed by atoms with van der Waals surface area (Å²) in [6.07, 6.45) is 14.8. The molecule has 1 aliphatic rings. The van der Waals surface area contributed by atoms with Crippen molar-refractivity contribution in [3.63, 3.8) is 0 Å². The first-order valence-electron chi connectivity index (χ1n) is 17.3. The number of benzene rings is 1. The molecule has 240 valence electrons. The molecule has 1 amide bonds. The van der Waals surface area contributed by atoms with E-state index in [1.165, 1.54) is 16.8 Å². The van der Waals surface area contributed by atoms with Crippen LogP contribution in [0.25, 0.3) is 0 Å². The number of aryl methyl sites for hydroxylation is 1. The molecule has 1 saturated heterocycles. The van der Waals surface area contributed by atoms with Crippen molar-refractivity contribution in [2.75, 3.05) is 32.8 Å². The highest BCUT2D eigenvalue weighted by Gasteiger charge is 2.35. The molecular formula is C37H65N3O2. The van der Waals surface area contributed by atoms with Gasteiger partial charge in [-0.1, -0.05) is 85.9 Å². The monoisotopic (exact) mass is 584 g/mol. The lowest BCUT2D eigenvalue weighted by Crippen LogP contribution is -2.43. The minimum absolute atomic E-state index is 0.299. The Balaban J connectivity index is 0.00000431. The number of ether oxygens (including phenoxy) is 1. The average Bonchev–Trinajstić information content (AvgIpc) is 3.41. The van der Waals surface area contributed by atoms with E-state index in [-0.39, 0.29) is 0 Å². The van der Waals surface area contributed by atoms with E-state index in [0.29, 0.717) is 30.3 Å². The summed E-state index contributed by atoms with van der Waals surface area (Å²) in [5, 5.41) is 0. The highest BCUT2D eigenvalue weighted by Crippen LogP contribution is 2.36. The van der Waals surface area contributed by atoms with Gasteiger partial charge in [0, 0.05) is 37.6 Å². The predicted octanol–water partition coefficient (Wildman–Crippen LogP) is 9.59. The Morgan fingerprint density at radius 3 is 2.33 bits per heavy atom. The van der Waals surface area contributed by atoms with Crippen LogP contribution in [0.3, 0.4) is 0 Å². The van der Waals surface area contributed by atoms with Gasteiger partial charge in [0.2, 0.25) is 5.91 Å². The van der Waals surface area contributed by atoms with Crippen LogP contribution in [-0.4, -0.2) is 60.2 Å². The van der Waals surface area contributed by atoms with E-state index in [2.05, 4.69) is 69.5 Å². The first-order chi connectivity index (χ1) is 20.4. The van der Waals surface area contributed by atoms with Crippen LogP contribution in [0.5, 0.6) is 5.75 Å². The molecule has 5 nitrogen and oxygen atoms in total. The van der Waals surface area contributed by atoms with Gasteiger partial charge in [-0.3, -0.25) is 14.7 Å². The van der Waals surface area contributed by atoms with E-state index in [9.17, 15) is 4.79 Å². The smallest absolute Gasteiger partial charge is 0.236 e. The molecular weight excluding hydrogens is 518 g/mol. The third kappa shape index (κ3) is 13.0. The zero-order valence-electron chi connectivity index (χ0n) is 28.9. The van der Waals surface area contributed by atoms with E-state index in [4.69, 9.17) is 9.73 Å².